The summed E-state index contributed by atoms with van der Waals surface area (Å²) in [7, 11) is 0. The second-order valence-electron chi connectivity index (χ2n) is 6.36. The van der Waals surface area contributed by atoms with E-state index in [4.69, 9.17) is 6.42 Å². The molecule has 1 atom stereocenters. The first kappa shape index (κ1) is 11.6. The summed E-state index contributed by atoms with van der Waals surface area (Å²) in [5.74, 6) is 4.74. The van der Waals surface area contributed by atoms with E-state index in [0.717, 1.165) is 18.4 Å². The van der Waals surface area contributed by atoms with Gasteiger partial charge in [-0.1, -0.05) is 5.92 Å². The van der Waals surface area contributed by atoms with Gasteiger partial charge in [0.1, 0.15) is 0 Å². The summed E-state index contributed by atoms with van der Waals surface area (Å²) < 4.78 is 0. The fraction of sp³-hybridized carbons (Fsp3) is 0.867. The molecule has 94 valence electrons. The molecular formula is C15H24N2. The Morgan fingerprint density at radius 2 is 2.00 bits per heavy atom. The van der Waals surface area contributed by atoms with Crippen LogP contribution < -0.4 is 5.32 Å². The standard InChI is InChI=1S/C15H24N2/c1-2-9-17(11-13-3-4-13)12-14-10-15(14)5-7-16-8-6-15/h1,13-14,16H,3-12H2. The number of hydrogen-bond acceptors (Lipinski definition) is 2. The smallest absolute Gasteiger partial charge is 0.0599 e. The van der Waals surface area contributed by atoms with E-state index in [1.165, 1.54) is 58.3 Å². The third kappa shape index (κ3) is 2.67. The fourth-order valence-electron chi connectivity index (χ4n) is 3.54. The molecule has 2 saturated carbocycles. The van der Waals surface area contributed by atoms with Crippen molar-refractivity contribution in [1.29, 1.82) is 0 Å². The van der Waals surface area contributed by atoms with Gasteiger partial charge in [0.2, 0.25) is 0 Å². The maximum absolute atomic E-state index is 5.49. The third-order valence-corrected chi connectivity index (χ3v) is 4.96. The SMILES string of the molecule is C#CCN(CC1CC1)CC1CC12CCNCC2. The van der Waals surface area contributed by atoms with E-state index in [1.807, 2.05) is 0 Å². The van der Waals surface area contributed by atoms with Crippen LogP contribution in [0.5, 0.6) is 0 Å². The first-order valence-corrected chi connectivity index (χ1v) is 7.19. The summed E-state index contributed by atoms with van der Waals surface area (Å²) in [4.78, 5) is 2.54. The highest BCUT2D eigenvalue weighted by Crippen LogP contribution is 2.58. The molecule has 0 aromatic heterocycles. The zero-order valence-electron chi connectivity index (χ0n) is 10.8. The molecular weight excluding hydrogens is 208 g/mol. The van der Waals surface area contributed by atoms with E-state index in [1.54, 1.807) is 0 Å². The summed E-state index contributed by atoms with van der Waals surface area (Å²) in [6.45, 7) is 5.85. The molecule has 0 aromatic carbocycles. The van der Waals surface area contributed by atoms with Crippen molar-refractivity contribution in [3.05, 3.63) is 0 Å². The summed E-state index contributed by atoms with van der Waals surface area (Å²) in [6.07, 6.45) is 12.6. The van der Waals surface area contributed by atoms with Gasteiger partial charge in [-0.3, -0.25) is 4.90 Å². The molecule has 2 heteroatoms. The highest BCUT2D eigenvalue weighted by Gasteiger charge is 2.53. The molecule has 1 aliphatic heterocycles. The lowest BCUT2D eigenvalue weighted by Crippen LogP contribution is -2.33. The lowest BCUT2D eigenvalue weighted by atomic mass is 9.92. The van der Waals surface area contributed by atoms with Gasteiger partial charge in [-0.15, -0.1) is 6.42 Å². The maximum Gasteiger partial charge on any atom is 0.0599 e. The molecule has 0 amide bonds. The van der Waals surface area contributed by atoms with Crippen LogP contribution in [0.15, 0.2) is 0 Å². The van der Waals surface area contributed by atoms with Gasteiger partial charge < -0.3 is 5.32 Å². The molecule has 1 N–H and O–H groups in total. The predicted octanol–water partition coefficient (Wildman–Crippen LogP) is 1.72. The molecule has 3 rings (SSSR count). The normalized spacial score (nSPS) is 30.5. The average Bonchev–Trinajstić information content (AvgIpc) is 3.22. The Morgan fingerprint density at radius 3 is 2.65 bits per heavy atom. The van der Waals surface area contributed by atoms with E-state index >= 15 is 0 Å². The summed E-state index contributed by atoms with van der Waals surface area (Å²) in [6, 6.07) is 0. The monoisotopic (exact) mass is 232 g/mol. The zero-order valence-corrected chi connectivity index (χ0v) is 10.8. The largest absolute Gasteiger partial charge is 0.317 e. The van der Waals surface area contributed by atoms with Crippen LogP contribution in [0, 0.1) is 29.6 Å². The van der Waals surface area contributed by atoms with Crippen molar-refractivity contribution in [2.45, 2.75) is 32.1 Å². The van der Waals surface area contributed by atoms with Crippen molar-refractivity contribution in [3.8, 4) is 12.3 Å². The second kappa shape index (κ2) is 4.63. The Morgan fingerprint density at radius 1 is 1.24 bits per heavy atom. The number of terminal acetylenes is 1. The van der Waals surface area contributed by atoms with Gasteiger partial charge in [-0.25, -0.2) is 0 Å². The number of hydrogen-bond donors (Lipinski definition) is 1. The fourth-order valence-corrected chi connectivity index (χ4v) is 3.54. The van der Waals surface area contributed by atoms with Gasteiger partial charge in [-0.2, -0.15) is 0 Å². The molecule has 3 aliphatic rings. The van der Waals surface area contributed by atoms with Crippen molar-refractivity contribution < 1.29 is 0 Å². The molecule has 2 nitrogen and oxygen atoms in total. The van der Waals surface area contributed by atoms with Crippen LogP contribution in [0.1, 0.15) is 32.1 Å². The Bertz CT molecular complexity index is 307. The second-order valence-corrected chi connectivity index (χ2v) is 6.36. The minimum absolute atomic E-state index is 0.710. The minimum atomic E-state index is 0.710. The molecule has 1 heterocycles. The molecule has 0 aromatic rings. The van der Waals surface area contributed by atoms with Crippen LogP contribution in [0.2, 0.25) is 0 Å². The Labute approximate surface area is 105 Å². The molecule has 1 unspecified atom stereocenters. The van der Waals surface area contributed by atoms with Crippen molar-refractivity contribution >= 4 is 0 Å². The number of piperidine rings is 1. The molecule has 0 radical (unpaired) electrons. The molecule has 0 bridgehead atoms. The summed E-state index contributed by atoms with van der Waals surface area (Å²) >= 11 is 0. The van der Waals surface area contributed by atoms with Gasteiger partial charge in [0.15, 0.2) is 0 Å². The Kier molecular flexibility index (Phi) is 3.15. The van der Waals surface area contributed by atoms with E-state index in [-0.39, 0.29) is 0 Å². The topological polar surface area (TPSA) is 15.3 Å². The van der Waals surface area contributed by atoms with Gasteiger partial charge in [0.25, 0.3) is 0 Å². The van der Waals surface area contributed by atoms with Gasteiger partial charge in [-0.05, 0) is 62.4 Å². The highest BCUT2D eigenvalue weighted by atomic mass is 15.1. The molecule has 1 saturated heterocycles. The molecule has 2 aliphatic carbocycles. The number of rotatable bonds is 5. The first-order chi connectivity index (χ1) is 8.32. The van der Waals surface area contributed by atoms with Crippen LogP contribution in [0.4, 0.5) is 0 Å². The lowest BCUT2D eigenvalue weighted by molar-refractivity contribution is 0.241. The highest BCUT2D eigenvalue weighted by molar-refractivity contribution is 5.06. The van der Waals surface area contributed by atoms with Crippen LogP contribution in [-0.2, 0) is 0 Å². The van der Waals surface area contributed by atoms with Crippen molar-refractivity contribution in [2.24, 2.45) is 17.3 Å². The molecule has 1 spiro atoms. The van der Waals surface area contributed by atoms with Crippen LogP contribution >= 0.6 is 0 Å². The van der Waals surface area contributed by atoms with Crippen molar-refractivity contribution in [1.82, 2.24) is 10.2 Å². The maximum atomic E-state index is 5.49. The third-order valence-electron chi connectivity index (χ3n) is 4.96. The van der Waals surface area contributed by atoms with Gasteiger partial charge in [0, 0.05) is 13.1 Å². The molecule has 17 heavy (non-hydrogen) atoms. The van der Waals surface area contributed by atoms with E-state index in [2.05, 4.69) is 16.1 Å². The van der Waals surface area contributed by atoms with Crippen molar-refractivity contribution in [3.63, 3.8) is 0 Å². The van der Waals surface area contributed by atoms with E-state index in [9.17, 15) is 0 Å². The average molecular weight is 232 g/mol. The summed E-state index contributed by atoms with van der Waals surface area (Å²) in [5, 5.41) is 3.48. The van der Waals surface area contributed by atoms with E-state index < -0.39 is 0 Å². The Hall–Kier alpha value is -0.520. The number of nitrogens with one attached hydrogen (secondary N) is 1. The van der Waals surface area contributed by atoms with Crippen LogP contribution in [0.3, 0.4) is 0 Å². The van der Waals surface area contributed by atoms with Gasteiger partial charge in [0.05, 0.1) is 6.54 Å². The first-order valence-electron chi connectivity index (χ1n) is 7.19. The zero-order chi connectivity index (χ0) is 11.7. The quantitative estimate of drug-likeness (QED) is 0.726. The number of nitrogens with zero attached hydrogens (tertiary/aromatic N) is 1. The lowest BCUT2D eigenvalue weighted by Gasteiger charge is -2.26. The summed E-state index contributed by atoms with van der Waals surface area (Å²) in [5.41, 5.74) is 0.710. The van der Waals surface area contributed by atoms with Crippen LogP contribution in [0.25, 0.3) is 0 Å². The molecule has 3 fully saturated rings. The van der Waals surface area contributed by atoms with E-state index in [0.29, 0.717) is 5.41 Å². The van der Waals surface area contributed by atoms with Crippen LogP contribution in [-0.4, -0.2) is 37.6 Å². The minimum Gasteiger partial charge on any atom is -0.317 e. The Balaban J connectivity index is 1.49. The van der Waals surface area contributed by atoms with Gasteiger partial charge >= 0.3 is 0 Å². The predicted molar refractivity (Wildman–Crippen MR) is 70.6 cm³/mol. The van der Waals surface area contributed by atoms with Crippen molar-refractivity contribution in [2.75, 3.05) is 32.7 Å².